The number of rotatable bonds is 6. The summed E-state index contributed by atoms with van der Waals surface area (Å²) in [6.45, 7) is 2.92. The lowest BCUT2D eigenvalue weighted by atomic mass is 10.1. The van der Waals surface area contributed by atoms with Gasteiger partial charge in [-0.15, -0.1) is 0 Å². The second kappa shape index (κ2) is 8.34. The van der Waals surface area contributed by atoms with Crippen LogP contribution in [-0.4, -0.2) is 37.7 Å². The molecule has 0 spiro atoms. The molecule has 2 rings (SSSR count). The van der Waals surface area contributed by atoms with E-state index in [4.69, 9.17) is 9.47 Å². The number of amides is 1. The molecule has 1 aliphatic heterocycles. The topological polar surface area (TPSA) is 64.6 Å². The van der Waals surface area contributed by atoms with Crippen molar-refractivity contribution in [1.82, 2.24) is 5.32 Å². The minimum Gasteiger partial charge on any atom is -0.452 e. The van der Waals surface area contributed by atoms with Crippen LogP contribution in [0.5, 0.6) is 0 Å². The molecule has 0 unspecified atom stereocenters. The van der Waals surface area contributed by atoms with E-state index in [0.717, 1.165) is 30.6 Å². The van der Waals surface area contributed by atoms with E-state index < -0.39 is 5.97 Å². The third-order valence-corrected chi connectivity index (χ3v) is 3.35. The minimum absolute atomic E-state index is 0.0841. The lowest BCUT2D eigenvalue weighted by Gasteiger charge is -2.10. The predicted octanol–water partition coefficient (Wildman–Crippen LogP) is 1.85. The fraction of sp³-hybridized carbons (Fsp3) is 0.412. The molecule has 0 aromatic heterocycles. The van der Waals surface area contributed by atoms with Crippen LogP contribution >= 0.6 is 0 Å². The molecule has 0 saturated carbocycles. The first-order valence-corrected chi connectivity index (χ1v) is 7.43. The minimum atomic E-state index is -0.534. The quantitative estimate of drug-likeness (QED) is 0.643. The molecule has 1 saturated heterocycles. The molecule has 1 aliphatic rings. The van der Waals surface area contributed by atoms with Crippen LogP contribution in [0, 0.1) is 6.92 Å². The average molecular weight is 303 g/mol. The first-order valence-electron chi connectivity index (χ1n) is 7.43. The Kier molecular flexibility index (Phi) is 6.15. The standard InChI is InChI=1S/C17H21NO4/c1-13-4-2-5-14(10-13)7-8-17(20)22-12-16(19)18-11-15-6-3-9-21-15/h2,4-5,7-8,10,15H,3,6,9,11-12H2,1H3,(H,18,19)/b8-7+/t15-/m1/s1. The van der Waals surface area contributed by atoms with Gasteiger partial charge in [0.25, 0.3) is 5.91 Å². The highest BCUT2D eigenvalue weighted by atomic mass is 16.5. The van der Waals surface area contributed by atoms with E-state index in [1.54, 1.807) is 6.08 Å². The smallest absolute Gasteiger partial charge is 0.331 e. The second-order valence-corrected chi connectivity index (χ2v) is 5.29. The van der Waals surface area contributed by atoms with E-state index in [1.807, 2.05) is 31.2 Å². The molecular weight excluding hydrogens is 282 g/mol. The Morgan fingerprint density at radius 3 is 3.05 bits per heavy atom. The summed E-state index contributed by atoms with van der Waals surface area (Å²) in [5, 5.41) is 2.70. The predicted molar refractivity (Wildman–Crippen MR) is 83.2 cm³/mol. The Hall–Kier alpha value is -2.14. The van der Waals surface area contributed by atoms with E-state index >= 15 is 0 Å². The summed E-state index contributed by atoms with van der Waals surface area (Å²) in [5.41, 5.74) is 2.03. The molecule has 1 N–H and O–H groups in total. The normalized spacial score (nSPS) is 17.6. The highest BCUT2D eigenvalue weighted by Gasteiger charge is 2.16. The maximum atomic E-state index is 11.6. The van der Waals surface area contributed by atoms with Crippen LogP contribution in [0.25, 0.3) is 6.08 Å². The Morgan fingerprint density at radius 1 is 1.45 bits per heavy atom. The number of hydrogen-bond donors (Lipinski definition) is 1. The highest BCUT2D eigenvalue weighted by Crippen LogP contribution is 2.10. The van der Waals surface area contributed by atoms with Gasteiger partial charge in [0, 0.05) is 19.2 Å². The number of esters is 1. The molecule has 0 radical (unpaired) electrons. The van der Waals surface area contributed by atoms with Crippen LogP contribution in [0.3, 0.4) is 0 Å². The van der Waals surface area contributed by atoms with Crippen LogP contribution in [0.4, 0.5) is 0 Å². The van der Waals surface area contributed by atoms with Crippen molar-refractivity contribution in [3.05, 3.63) is 41.5 Å². The first kappa shape index (κ1) is 16.2. The molecule has 118 valence electrons. The summed E-state index contributed by atoms with van der Waals surface area (Å²) in [6.07, 6.45) is 5.06. The summed E-state index contributed by atoms with van der Waals surface area (Å²) < 4.78 is 10.3. The van der Waals surface area contributed by atoms with Gasteiger partial charge in [0.15, 0.2) is 6.61 Å². The van der Waals surface area contributed by atoms with E-state index in [0.29, 0.717) is 6.54 Å². The zero-order chi connectivity index (χ0) is 15.8. The van der Waals surface area contributed by atoms with Gasteiger partial charge in [-0.2, -0.15) is 0 Å². The number of benzene rings is 1. The number of aryl methyl sites for hydroxylation is 1. The number of carbonyl (C=O) groups is 2. The third kappa shape index (κ3) is 5.69. The fourth-order valence-electron chi connectivity index (χ4n) is 2.21. The van der Waals surface area contributed by atoms with Gasteiger partial charge in [-0.05, 0) is 31.4 Å². The van der Waals surface area contributed by atoms with Crippen LogP contribution in [0.2, 0.25) is 0 Å². The largest absolute Gasteiger partial charge is 0.452 e. The molecule has 0 bridgehead atoms. The van der Waals surface area contributed by atoms with Gasteiger partial charge < -0.3 is 14.8 Å². The van der Waals surface area contributed by atoms with Crippen molar-refractivity contribution in [2.75, 3.05) is 19.8 Å². The highest BCUT2D eigenvalue weighted by molar-refractivity contribution is 5.89. The number of carbonyl (C=O) groups excluding carboxylic acids is 2. The Labute approximate surface area is 130 Å². The zero-order valence-corrected chi connectivity index (χ0v) is 12.7. The SMILES string of the molecule is Cc1cccc(/C=C/C(=O)OCC(=O)NC[C@H]2CCCO2)c1. The van der Waals surface area contributed by atoms with Crippen molar-refractivity contribution in [1.29, 1.82) is 0 Å². The van der Waals surface area contributed by atoms with E-state index in [1.165, 1.54) is 6.08 Å². The van der Waals surface area contributed by atoms with Crippen molar-refractivity contribution in [2.45, 2.75) is 25.9 Å². The molecule has 1 aromatic carbocycles. The molecule has 1 heterocycles. The molecule has 1 amide bonds. The zero-order valence-electron chi connectivity index (χ0n) is 12.7. The molecule has 22 heavy (non-hydrogen) atoms. The van der Waals surface area contributed by atoms with Crippen LogP contribution in [-0.2, 0) is 19.1 Å². The molecule has 1 atom stereocenters. The molecule has 0 aliphatic carbocycles. The molecule has 1 fully saturated rings. The molecule has 1 aromatic rings. The lowest BCUT2D eigenvalue weighted by Crippen LogP contribution is -2.34. The molecule has 5 nitrogen and oxygen atoms in total. The third-order valence-electron chi connectivity index (χ3n) is 3.35. The summed E-state index contributed by atoms with van der Waals surface area (Å²) >= 11 is 0. The molecular formula is C17H21NO4. The maximum Gasteiger partial charge on any atom is 0.331 e. The van der Waals surface area contributed by atoms with Crippen molar-refractivity contribution in [3.8, 4) is 0 Å². The van der Waals surface area contributed by atoms with E-state index in [2.05, 4.69) is 5.32 Å². The van der Waals surface area contributed by atoms with Crippen LogP contribution in [0.15, 0.2) is 30.3 Å². The summed E-state index contributed by atoms with van der Waals surface area (Å²) in [7, 11) is 0. The number of nitrogens with one attached hydrogen (secondary N) is 1. The van der Waals surface area contributed by atoms with Gasteiger partial charge in [-0.3, -0.25) is 4.79 Å². The summed E-state index contributed by atoms with van der Waals surface area (Å²) in [6, 6.07) is 7.75. The first-order chi connectivity index (χ1) is 10.6. The lowest BCUT2D eigenvalue weighted by molar-refractivity contribution is -0.143. The van der Waals surface area contributed by atoms with Gasteiger partial charge in [0.05, 0.1) is 6.10 Å². The van der Waals surface area contributed by atoms with E-state index in [-0.39, 0.29) is 18.6 Å². The monoisotopic (exact) mass is 303 g/mol. The van der Waals surface area contributed by atoms with Crippen LogP contribution < -0.4 is 5.32 Å². The average Bonchev–Trinajstić information content (AvgIpc) is 3.02. The summed E-state index contributed by atoms with van der Waals surface area (Å²) in [4.78, 5) is 23.1. The van der Waals surface area contributed by atoms with Crippen LogP contribution in [0.1, 0.15) is 24.0 Å². The van der Waals surface area contributed by atoms with Gasteiger partial charge in [0.1, 0.15) is 0 Å². The van der Waals surface area contributed by atoms with Gasteiger partial charge in [-0.25, -0.2) is 4.79 Å². The van der Waals surface area contributed by atoms with Gasteiger partial charge in [0.2, 0.25) is 0 Å². The van der Waals surface area contributed by atoms with Gasteiger partial charge >= 0.3 is 5.97 Å². The summed E-state index contributed by atoms with van der Waals surface area (Å²) in [5.74, 6) is -0.846. The number of ether oxygens (including phenoxy) is 2. The molecule has 5 heteroatoms. The van der Waals surface area contributed by atoms with Crippen molar-refractivity contribution < 1.29 is 19.1 Å². The maximum absolute atomic E-state index is 11.6. The van der Waals surface area contributed by atoms with Crippen molar-refractivity contribution in [2.24, 2.45) is 0 Å². The van der Waals surface area contributed by atoms with Crippen molar-refractivity contribution in [3.63, 3.8) is 0 Å². The van der Waals surface area contributed by atoms with Gasteiger partial charge in [-0.1, -0.05) is 29.8 Å². The Bertz CT molecular complexity index is 547. The Morgan fingerprint density at radius 2 is 2.32 bits per heavy atom. The second-order valence-electron chi connectivity index (χ2n) is 5.29. The number of hydrogen-bond acceptors (Lipinski definition) is 4. The Balaban J connectivity index is 1.67. The van der Waals surface area contributed by atoms with Crippen molar-refractivity contribution >= 4 is 18.0 Å². The fourth-order valence-corrected chi connectivity index (χ4v) is 2.21. The van der Waals surface area contributed by atoms with E-state index in [9.17, 15) is 9.59 Å².